The molecule has 0 fully saturated rings. The summed E-state index contributed by atoms with van der Waals surface area (Å²) < 4.78 is 28.4. The fourth-order valence-electron chi connectivity index (χ4n) is 2.83. The lowest BCUT2D eigenvalue weighted by atomic mass is 10.1. The summed E-state index contributed by atoms with van der Waals surface area (Å²) in [7, 11) is -3.83. The van der Waals surface area contributed by atoms with Crippen LogP contribution in [0, 0.1) is 6.92 Å². The molecule has 2 rings (SSSR count). The van der Waals surface area contributed by atoms with Crippen molar-refractivity contribution in [3.63, 3.8) is 0 Å². The molecule has 0 amide bonds. The van der Waals surface area contributed by atoms with Crippen LogP contribution in [-0.4, -0.2) is 36.9 Å². The second kappa shape index (κ2) is 9.87. The summed E-state index contributed by atoms with van der Waals surface area (Å²) in [4.78, 5) is 11.5. The molecule has 2 aromatic rings. The number of halogens is 2. The number of rotatable bonds is 9. The summed E-state index contributed by atoms with van der Waals surface area (Å²) in [6, 6.07) is 10.1. The molecule has 0 saturated heterocycles. The number of hydrogen-bond donors (Lipinski definition) is 1. The lowest BCUT2D eigenvalue weighted by Gasteiger charge is -2.23. The van der Waals surface area contributed by atoms with Crippen molar-refractivity contribution in [2.24, 2.45) is 0 Å². The molecule has 8 heteroatoms. The fourth-order valence-corrected chi connectivity index (χ4v) is 5.29. The molecular formula is C20H23BrClNO4S. The van der Waals surface area contributed by atoms with Crippen LogP contribution in [0.5, 0.6) is 0 Å². The van der Waals surface area contributed by atoms with Gasteiger partial charge in [-0.1, -0.05) is 37.1 Å². The molecule has 0 heterocycles. The van der Waals surface area contributed by atoms with E-state index in [0.717, 1.165) is 18.4 Å². The van der Waals surface area contributed by atoms with E-state index in [1.807, 2.05) is 19.1 Å². The predicted octanol–water partition coefficient (Wildman–Crippen LogP) is 5.14. The number of aryl methyl sites for hydroxylation is 1. The molecule has 0 unspecified atom stereocenters. The number of benzene rings is 2. The second-order valence-corrected chi connectivity index (χ2v) is 9.73. The molecule has 0 aromatic heterocycles. The molecule has 152 valence electrons. The number of carboxylic acid groups (broad SMARTS) is 1. The Morgan fingerprint density at radius 1 is 1.18 bits per heavy atom. The summed E-state index contributed by atoms with van der Waals surface area (Å²) >= 11 is 9.10. The number of carboxylic acids is 1. The van der Waals surface area contributed by atoms with E-state index in [-0.39, 0.29) is 10.5 Å². The average molecular weight is 489 g/mol. The number of nitrogens with zero attached hydrogens (tertiary/aromatic N) is 1. The van der Waals surface area contributed by atoms with Crippen molar-refractivity contribution < 1.29 is 18.3 Å². The van der Waals surface area contributed by atoms with Crippen LogP contribution in [0.15, 0.2) is 45.8 Å². The zero-order valence-corrected chi connectivity index (χ0v) is 18.9. The van der Waals surface area contributed by atoms with Crippen LogP contribution in [0.25, 0.3) is 0 Å². The maximum Gasteiger partial charge on any atom is 0.336 e. The number of hydrogen-bond acceptors (Lipinski definition) is 3. The molecule has 0 saturated carbocycles. The number of sulfonamides is 1. The van der Waals surface area contributed by atoms with E-state index in [9.17, 15) is 18.3 Å². The third-order valence-electron chi connectivity index (χ3n) is 4.44. The third kappa shape index (κ3) is 5.56. The summed E-state index contributed by atoms with van der Waals surface area (Å²) in [5.41, 5.74) is 1.42. The fraction of sp³-hybridized carbons (Fsp3) is 0.350. The molecule has 28 heavy (non-hydrogen) atoms. The maximum atomic E-state index is 13.3. The molecule has 0 aliphatic carbocycles. The monoisotopic (exact) mass is 487 g/mol. The molecule has 0 atom stereocenters. The highest BCUT2D eigenvalue weighted by atomic mass is 79.9. The zero-order valence-electron chi connectivity index (χ0n) is 15.8. The summed E-state index contributed by atoms with van der Waals surface area (Å²) in [5.74, 6) is -1.18. The van der Waals surface area contributed by atoms with Gasteiger partial charge in [-0.05, 0) is 71.1 Å². The van der Waals surface area contributed by atoms with Crippen molar-refractivity contribution >= 4 is 43.5 Å². The van der Waals surface area contributed by atoms with Gasteiger partial charge >= 0.3 is 5.97 Å². The van der Waals surface area contributed by atoms with Gasteiger partial charge in [0.25, 0.3) is 0 Å². The van der Waals surface area contributed by atoms with E-state index in [1.54, 1.807) is 19.1 Å². The van der Waals surface area contributed by atoms with Gasteiger partial charge in [0.15, 0.2) is 0 Å². The first-order valence-electron chi connectivity index (χ1n) is 8.94. The van der Waals surface area contributed by atoms with E-state index in [4.69, 9.17) is 11.6 Å². The van der Waals surface area contributed by atoms with Crippen molar-refractivity contribution in [2.75, 3.05) is 13.1 Å². The van der Waals surface area contributed by atoms with Crippen LogP contribution in [0.4, 0.5) is 0 Å². The lowest BCUT2D eigenvalue weighted by Crippen LogP contribution is -2.34. The first-order chi connectivity index (χ1) is 13.2. The Morgan fingerprint density at radius 3 is 2.39 bits per heavy atom. The molecule has 0 radical (unpaired) electrons. The van der Waals surface area contributed by atoms with E-state index in [1.165, 1.54) is 16.4 Å². The molecular weight excluding hydrogens is 466 g/mol. The highest BCUT2D eigenvalue weighted by Crippen LogP contribution is 2.28. The van der Waals surface area contributed by atoms with Gasteiger partial charge in [-0.15, -0.1) is 0 Å². The summed E-state index contributed by atoms with van der Waals surface area (Å²) in [5, 5.41) is 9.98. The molecule has 0 aliphatic rings. The van der Waals surface area contributed by atoms with Crippen molar-refractivity contribution in [2.45, 2.75) is 38.0 Å². The van der Waals surface area contributed by atoms with Gasteiger partial charge in [0.1, 0.15) is 0 Å². The van der Waals surface area contributed by atoms with Gasteiger partial charge in [0, 0.05) is 22.6 Å². The van der Waals surface area contributed by atoms with Crippen LogP contribution < -0.4 is 0 Å². The minimum Gasteiger partial charge on any atom is -0.478 e. The number of unbranched alkanes of at least 4 members (excludes halogenated alkanes) is 1. The van der Waals surface area contributed by atoms with Crippen LogP contribution in [-0.2, 0) is 16.4 Å². The topological polar surface area (TPSA) is 74.7 Å². The van der Waals surface area contributed by atoms with Crippen molar-refractivity contribution in [1.29, 1.82) is 0 Å². The first-order valence-corrected chi connectivity index (χ1v) is 11.6. The normalized spacial score (nSPS) is 11.8. The van der Waals surface area contributed by atoms with Gasteiger partial charge in [0.2, 0.25) is 10.0 Å². The van der Waals surface area contributed by atoms with Crippen molar-refractivity contribution in [3.8, 4) is 0 Å². The molecule has 0 spiro atoms. The Labute approximate surface area is 179 Å². The molecule has 2 aromatic carbocycles. The van der Waals surface area contributed by atoms with Gasteiger partial charge in [-0.2, -0.15) is 4.31 Å². The maximum absolute atomic E-state index is 13.3. The third-order valence-corrected chi connectivity index (χ3v) is 7.39. The van der Waals surface area contributed by atoms with E-state index in [2.05, 4.69) is 15.9 Å². The lowest BCUT2D eigenvalue weighted by molar-refractivity contribution is 0.0695. The number of aromatic carboxylic acids is 1. The van der Waals surface area contributed by atoms with Crippen LogP contribution in [0.2, 0.25) is 5.02 Å². The van der Waals surface area contributed by atoms with Crippen LogP contribution >= 0.6 is 27.5 Å². The molecule has 0 bridgehead atoms. The highest BCUT2D eigenvalue weighted by Gasteiger charge is 2.27. The van der Waals surface area contributed by atoms with Crippen molar-refractivity contribution in [1.82, 2.24) is 4.31 Å². The Hall–Kier alpha value is -1.41. The van der Waals surface area contributed by atoms with E-state index >= 15 is 0 Å². The van der Waals surface area contributed by atoms with E-state index in [0.29, 0.717) is 34.6 Å². The zero-order chi connectivity index (χ0) is 20.9. The minimum atomic E-state index is -3.83. The van der Waals surface area contributed by atoms with E-state index < -0.39 is 16.0 Å². The average Bonchev–Trinajstić information content (AvgIpc) is 2.62. The summed E-state index contributed by atoms with van der Waals surface area (Å²) in [6.07, 6.45) is 2.12. The highest BCUT2D eigenvalue weighted by molar-refractivity contribution is 9.10. The van der Waals surface area contributed by atoms with Crippen LogP contribution in [0.1, 0.15) is 41.3 Å². The van der Waals surface area contributed by atoms with Gasteiger partial charge in [-0.25, -0.2) is 13.2 Å². The standard InChI is InChI=1S/C20H23BrClNO4S/c1-3-4-10-23(11-9-15-5-7-16(22)8-6-15)28(26,27)19-13-17(20(24)25)18(21)12-14(19)2/h5-8,12-13H,3-4,9-11H2,1-2H3,(H,24,25). The Bertz CT molecular complexity index is 945. The smallest absolute Gasteiger partial charge is 0.336 e. The van der Waals surface area contributed by atoms with Crippen LogP contribution in [0.3, 0.4) is 0 Å². The minimum absolute atomic E-state index is 0.0281. The Balaban J connectivity index is 2.36. The summed E-state index contributed by atoms with van der Waals surface area (Å²) in [6.45, 7) is 4.35. The molecule has 0 aliphatic heterocycles. The number of carbonyl (C=O) groups is 1. The first kappa shape index (κ1) is 22.9. The van der Waals surface area contributed by atoms with Crippen molar-refractivity contribution in [3.05, 3.63) is 62.6 Å². The second-order valence-electron chi connectivity index (χ2n) is 6.54. The molecule has 5 nitrogen and oxygen atoms in total. The van der Waals surface area contributed by atoms with Gasteiger partial charge in [0.05, 0.1) is 10.5 Å². The predicted molar refractivity (Wildman–Crippen MR) is 115 cm³/mol. The van der Waals surface area contributed by atoms with Gasteiger partial charge < -0.3 is 5.11 Å². The quantitative estimate of drug-likeness (QED) is 0.530. The molecule has 1 N–H and O–H groups in total. The Morgan fingerprint density at radius 2 is 1.82 bits per heavy atom. The largest absolute Gasteiger partial charge is 0.478 e. The van der Waals surface area contributed by atoms with Gasteiger partial charge in [-0.3, -0.25) is 0 Å². The Kier molecular flexibility index (Phi) is 8.07. The SMILES string of the molecule is CCCCN(CCc1ccc(Cl)cc1)S(=O)(=O)c1cc(C(=O)O)c(Br)cc1C.